The summed E-state index contributed by atoms with van der Waals surface area (Å²) in [6, 6.07) is -3.09. The first-order valence-electron chi connectivity index (χ1n) is 8.51. The van der Waals surface area contributed by atoms with Crippen LogP contribution in [-0.4, -0.2) is 54.2 Å². The highest BCUT2D eigenvalue weighted by atomic mass is 16.6. The number of nitrogens with one attached hydrogen (secondary N) is 1. The molecule has 4 N–H and O–H groups in total. The van der Waals surface area contributed by atoms with Gasteiger partial charge < -0.3 is 25.6 Å². The molecule has 9 nitrogen and oxygen atoms in total. The monoisotopic (exact) mass is 372 g/mol. The highest BCUT2D eigenvalue weighted by Crippen LogP contribution is 2.39. The van der Waals surface area contributed by atoms with Crippen molar-refractivity contribution in [1.82, 2.24) is 5.32 Å². The molecule has 0 aromatic rings. The van der Waals surface area contributed by atoms with E-state index < -0.39 is 42.3 Å². The van der Waals surface area contributed by atoms with Crippen LogP contribution in [0, 0.1) is 11.3 Å². The van der Waals surface area contributed by atoms with Gasteiger partial charge in [-0.1, -0.05) is 20.8 Å². The van der Waals surface area contributed by atoms with E-state index in [4.69, 9.17) is 15.6 Å². The quantitative estimate of drug-likeness (QED) is 0.424. The molecular weight excluding hydrogens is 344 g/mol. The van der Waals surface area contributed by atoms with E-state index in [1.807, 2.05) is 0 Å². The molecule has 1 fully saturated rings. The van der Waals surface area contributed by atoms with Gasteiger partial charge in [-0.15, -0.1) is 0 Å². The van der Waals surface area contributed by atoms with E-state index >= 15 is 0 Å². The van der Waals surface area contributed by atoms with Crippen molar-refractivity contribution in [2.45, 2.75) is 64.6 Å². The Bertz CT molecular complexity index is 561. The van der Waals surface area contributed by atoms with Crippen LogP contribution in [0.15, 0.2) is 0 Å². The fourth-order valence-corrected chi connectivity index (χ4v) is 3.44. The van der Waals surface area contributed by atoms with Crippen molar-refractivity contribution in [2.24, 2.45) is 17.1 Å². The van der Waals surface area contributed by atoms with Gasteiger partial charge in [-0.05, 0) is 30.6 Å². The van der Waals surface area contributed by atoms with Crippen molar-refractivity contribution >= 4 is 23.8 Å². The van der Waals surface area contributed by atoms with Gasteiger partial charge >= 0.3 is 17.9 Å². The Morgan fingerprint density at radius 2 is 1.85 bits per heavy atom. The Labute approximate surface area is 152 Å². The Kier molecular flexibility index (Phi) is 7.55. The second kappa shape index (κ2) is 8.98. The van der Waals surface area contributed by atoms with Crippen molar-refractivity contribution in [3.8, 4) is 0 Å². The van der Waals surface area contributed by atoms with Crippen LogP contribution < -0.4 is 11.1 Å². The summed E-state index contributed by atoms with van der Waals surface area (Å²) in [7, 11) is 1.07. The molecular formula is C17H28N2O7. The number of carbonyl (C=O) groups excluding carboxylic acids is 3. The van der Waals surface area contributed by atoms with Gasteiger partial charge in [-0.25, -0.2) is 9.59 Å². The van der Waals surface area contributed by atoms with Crippen LogP contribution in [0.2, 0.25) is 0 Å². The van der Waals surface area contributed by atoms with Crippen LogP contribution in [0.25, 0.3) is 0 Å². The number of carboxylic acids is 1. The third-order valence-corrected chi connectivity index (χ3v) is 4.32. The number of amides is 1. The maximum absolute atomic E-state index is 12.4. The average Bonchev–Trinajstić information content (AvgIpc) is 2.48. The summed E-state index contributed by atoms with van der Waals surface area (Å²) in [6.45, 7) is 6.22. The van der Waals surface area contributed by atoms with Gasteiger partial charge in [0, 0.05) is 0 Å². The summed E-state index contributed by atoms with van der Waals surface area (Å²) in [5.41, 5.74) is 5.45. The van der Waals surface area contributed by atoms with E-state index in [0.717, 1.165) is 13.5 Å². The first-order chi connectivity index (χ1) is 11.9. The number of carbonyl (C=O) groups is 4. The minimum atomic E-state index is -1.69. The Morgan fingerprint density at radius 1 is 1.23 bits per heavy atom. The lowest BCUT2D eigenvalue weighted by molar-refractivity contribution is -0.164. The fraction of sp³-hybridized carbons (Fsp3) is 0.765. The summed E-state index contributed by atoms with van der Waals surface area (Å²) in [5, 5.41) is 10.8. The molecule has 1 rings (SSSR count). The first kappa shape index (κ1) is 21.9. The molecule has 4 unspecified atom stereocenters. The highest BCUT2D eigenvalue weighted by molar-refractivity contribution is 6.03. The Hall–Kier alpha value is -2.16. The summed E-state index contributed by atoms with van der Waals surface area (Å²) < 4.78 is 9.97. The van der Waals surface area contributed by atoms with Gasteiger partial charge in [0.15, 0.2) is 0 Å². The molecule has 1 amide bonds. The summed E-state index contributed by atoms with van der Waals surface area (Å²) in [5.74, 6) is -3.82. The summed E-state index contributed by atoms with van der Waals surface area (Å²) >= 11 is 0. The molecule has 4 atom stereocenters. The number of esters is 2. The van der Waals surface area contributed by atoms with Gasteiger partial charge in [0.05, 0.1) is 19.6 Å². The van der Waals surface area contributed by atoms with Crippen LogP contribution in [-0.2, 0) is 28.7 Å². The lowest BCUT2D eigenvalue weighted by atomic mass is 9.71. The third kappa shape index (κ3) is 6.62. The lowest BCUT2D eigenvalue weighted by Crippen LogP contribution is -2.54. The molecule has 9 heteroatoms. The van der Waals surface area contributed by atoms with Gasteiger partial charge in [0.2, 0.25) is 11.9 Å². The first-order valence-corrected chi connectivity index (χ1v) is 8.51. The fourth-order valence-electron chi connectivity index (χ4n) is 3.44. The summed E-state index contributed by atoms with van der Waals surface area (Å²) in [4.78, 5) is 46.9. The molecule has 1 aliphatic rings. The molecule has 0 aromatic heterocycles. The number of rotatable bonds is 7. The van der Waals surface area contributed by atoms with E-state index in [-0.39, 0.29) is 11.5 Å². The molecule has 0 aromatic carbocycles. The molecule has 0 saturated heterocycles. The zero-order valence-corrected chi connectivity index (χ0v) is 15.6. The number of carboxylic acid groups (broad SMARTS) is 1. The minimum absolute atomic E-state index is 0.00351. The van der Waals surface area contributed by atoms with Crippen LogP contribution in [0.5, 0.6) is 0 Å². The van der Waals surface area contributed by atoms with E-state index in [0.29, 0.717) is 18.8 Å². The number of hydrogen-bond acceptors (Lipinski definition) is 7. The SMILES string of the molecule is COC(=O)C(NC(=O)C(N)CC(=O)O)C(=O)OC1CC(C)CC(C)(C)C1. The molecule has 0 heterocycles. The largest absolute Gasteiger partial charge is 0.481 e. The Balaban J connectivity index is 2.79. The Morgan fingerprint density at radius 3 is 2.35 bits per heavy atom. The third-order valence-electron chi connectivity index (χ3n) is 4.32. The molecule has 0 spiro atoms. The molecule has 26 heavy (non-hydrogen) atoms. The second-order valence-electron chi connectivity index (χ2n) is 7.64. The van der Waals surface area contributed by atoms with E-state index in [9.17, 15) is 19.2 Å². The van der Waals surface area contributed by atoms with Crippen molar-refractivity contribution in [3.05, 3.63) is 0 Å². The number of ether oxygens (including phenoxy) is 2. The number of methoxy groups -OCH3 is 1. The zero-order valence-electron chi connectivity index (χ0n) is 15.6. The normalized spacial score (nSPS) is 24.0. The average molecular weight is 372 g/mol. The minimum Gasteiger partial charge on any atom is -0.481 e. The van der Waals surface area contributed by atoms with Crippen molar-refractivity contribution in [1.29, 1.82) is 0 Å². The van der Waals surface area contributed by atoms with E-state index in [2.05, 4.69) is 30.8 Å². The molecule has 1 aliphatic carbocycles. The van der Waals surface area contributed by atoms with E-state index in [1.165, 1.54) is 0 Å². The van der Waals surface area contributed by atoms with Gasteiger partial charge in [-0.3, -0.25) is 9.59 Å². The van der Waals surface area contributed by atoms with Crippen LogP contribution in [0.1, 0.15) is 46.5 Å². The van der Waals surface area contributed by atoms with Crippen LogP contribution in [0.4, 0.5) is 0 Å². The highest BCUT2D eigenvalue weighted by Gasteiger charge is 2.38. The van der Waals surface area contributed by atoms with Crippen LogP contribution >= 0.6 is 0 Å². The lowest BCUT2D eigenvalue weighted by Gasteiger charge is -2.38. The maximum Gasteiger partial charge on any atom is 0.340 e. The molecule has 148 valence electrons. The number of aliphatic carboxylic acids is 1. The molecule has 0 aliphatic heterocycles. The smallest absolute Gasteiger partial charge is 0.340 e. The van der Waals surface area contributed by atoms with Crippen molar-refractivity contribution in [3.63, 3.8) is 0 Å². The van der Waals surface area contributed by atoms with Crippen molar-refractivity contribution < 1.29 is 33.8 Å². The number of hydrogen-bond donors (Lipinski definition) is 3. The maximum atomic E-state index is 12.4. The molecule has 0 radical (unpaired) electrons. The van der Waals surface area contributed by atoms with Crippen molar-refractivity contribution in [2.75, 3.05) is 7.11 Å². The molecule has 0 bridgehead atoms. The standard InChI is InChI=1S/C17H28N2O7/c1-9-5-10(8-17(2,3)7-9)26-16(24)13(15(23)25-4)19-14(22)11(18)6-12(20)21/h9-11,13H,5-8,18H2,1-4H3,(H,19,22)(H,20,21). The topological polar surface area (TPSA) is 145 Å². The van der Waals surface area contributed by atoms with E-state index in [1.54, 1.807) is 0 Å². The second-order valence-corrected chi connectivity index (χ2v) is 7.64. The molecule has 1 saturated carbocycles. The predicted molar refractivity (Wildman–Crippen MR) is 90.9 cm³/mol. The summed E-state index contributed by atoms with van der Waals surface area (Å²) in [6.07, 6.45) is 1.29. The van der Waals surface area contributed by atoms with Gasteiger partial charge in [-0.2, -0.15) is 0 Å². The van der Waals surface area contributed by atoms with Gasteiger partial charge in [0.1, 0.15) is 6.10 Å². The van der Waals surface area contributed by atoms with Gasteiger partial charge in [0.25, 0.3) is 0 Å². The zero-order chi connectivity index (χ0) is 20.1. The van der Waals surface area contributed by atoms with Crippen LogP contribution in [0.3, 0.4) is 0 Å². The predicted octanol–water partition coefficient (Wildman–Crippen LogP) is 0.204. The number of nitrogens with two attached hydrogens (primary N) is 1.